The Hall–Kier alpha value is -1.41. The van der Waals surface area contributed by atoms with E-state index in [1.54, 1.807) is 16.7 Å². The normalized spacial score (nSPS) is 28.8. The van der Waals surface area contributed by atoms with Crippen molar-refractivity contribution in [1.82, 2.24) is 5.32 Å². The molecule has 2 atom stereocenters. The van der Waals surface area contributed by atoms with Crippen LogP contribution in [-0.2, 0) is 13.0 Å². The first-order valence-corrected chi connectivity index (χ1v) is 9.99. The maximum Gasteiger partial charge on any atom is 0.0964 e. The second-order valence-corrected chi connectivity index (χ2v) is 8.13. The van der Waals surface area contributed by atoms with Crippen molar-refractivity contribution >= 4 is 6.21 Å². The fraction of sp³-hybridized carbons (Fsp3) is 0.591. The highest BCUT2D eigenvalue weighted by Crippen LogP contribution is 2.47. The minimum atomic E-state index is 0.343. The minimum absolute atomic E-state index is 0.343. The van der Waals surface area contributed by atoms with Crippen LogP contribution in [0.2, 0.25) is 0 Å². The van der Waals surface area contributed by atoms with Crippen molar-refractivity contribution in [2.45, 2.75) is 76.4 Å². The second-order valence-electron chi connectivity index (χ2n) is 8.13. The van der Waals surface area contributed by atoms with Crippen molar-refractivity contribution in [2.75, 3.05) is 0 Å². The number of dihydropyridines is 1. The van der Waals surface area contributed by atoms with Gasteiger partial charge in [-0.1, -0.05) is 43.0 Å². The lowest BCUT2D eigenvalue weighted by Crippen LogP contribution is -2.25. The molecule has 126 valence electrons. The lowest BCUT2D eigenvalue weighted by molar-refractivity contribution is 0.521. The van der Waals surface area contributed by atoms with Crippen LogP contribution in [0.1, 0.15) is 74.1 Å². The van der Waals surface area contributed by atoms with Crippen molar-refractivity contribution in [2.24, 2.45) is 10.9 Å². The highest BCUT2D eigenvalue weighted by molar-refractivity contribution is 5.71. The number of rotatable bonds is 3. The van der Waals surface area contributed by atoms with E-state index in [4.69, 9.17) is 4.99 Å². The average molecular weight is 320 g/mol. The Morgan fingerprint density at radius 1 is 1.00 bits per heavy atom. The molecule has 2 unspecified atom stereocenters. The van der Waals surface area contributed by atoms with Crippen molar-refractivity contribution in [3.05, 3.63) is 46.0 Å². The Labute approximate surface area is 145 Å². The van der Waals surface area contributed by atoms with E-state index < -0.39 is 0 Å². The van der Waals surface area contributed by atoms with E-state index in [1.807, 2.05) is 0 Å². The van der Waals surface area contributed by atoms with Gasteiger partial charge >= 0.3 is 0 Å². The standard InChI is InChI=1S/C22H28N2/c1-4-10-18-15(6-1)14-24-22-19-11-5-7-16(20(19)12-21(18)22)13-23-17-8-2-3-9-17/h5,7,11,14-15,17,22-23H,1-4,6,8-10,12-13H2. The summed E-state index contributed by atoms with van der Waals surface area (Å²) >= 11 is 0. The van der Waals surface area contributed by atoms with E-state index in [0.29, 0.717) is 12.0 Å². The molecule has 5 rings (SSSR count). The Kier molecular flexibility index (Phi) is 3.81. The molecule has 1 aromatic carbocycles. The van der Waals surface area contributed by atoms with E-state index >= 15 is 0 Å². The van der Waals surface area contributed by atoms with E-state index in [2.05, 4.69) is 29.7 Å². The predicted octanol–water partition coefficient (Wildman–Crippen LogP) is 4.89. The van der Waals surface area contributed by atoms with Crippen molar-refractivity contribution in [1.29, 1.82) is 0 Å². The Balaban J connectivity index is 1.43. The molecule has 0 spiro atoms. The Bertz CT molecular complexity index is 694. The molecule has 0 saturated heterocycles. The third kappa shape index (κ3) is 2.47. The van der Waals surface area contributed by atoms with Gasteiger partial charge in [-0.15, -0.1) is 0 Å². The summed E-state index contributed by atoms with van der Waals surface area (Å²) in [6.07, 6.45) is 14.3. The summed E-state index contributed by atoms with van der Waals surface area (Å²) in [5.74, 6) is 0.652. The van der Waals surface area contributed by atoms with Gasteiger partial charge in [0.2, 0.25) is 0 Å². The van der Waals surface area contributed by atoms with Crippen molar-refractivity contribution < 1.29 is 0 Å². The molecule has 24 heavy (non-hydrogen) atoms. The quantitative estimate of drug-likeness (QED) is 0.788. The lowest BCUT2D eigenvalue weighted by atomic mass is 9.79. The first-order valence-electron chi connectivity index (χ1n) is 9.99. The molecule has 0 bridgehead atoms. The highest BCUT2D eigenvalue weighted by Gasteiger charge is 2.35. The number of nitrogens with zero attached hydrogens (tertiary/aromatic N) is 1. The third-order valence-electron chi connectivity index (χ3n) is 6.72. The summed E-state index contributed by atoms with van der Waals surface area (Å²) in [6.45, 7) is 1.04. The molecule has 1 aliphatic heterocycles. The van der Waals surface area contributed by atoms with E-state index in [1.165, 1.54) is 62.5 Å². The van der Waals surface area contributed by atoms with Crippen LogP contribution in [0.3, 0.4) is 0 Å². The maximum absolute atomic E-state index is 4.99. The van der Waals surface area contributed by atoms with Crippen molar-refractivity contribution in [3.63, 3.8) is 0 Å². The first kappa shape index (κ1) is 14.9. The summed E-state index contributed by atoms with van der Waals surface area (Å²) in [7, 11) is 0. The zero-order chi connectivity index (χ0) is 15.9. The van der Waals surface area contributed by atoms with Gasteiger partial charge in [0.25, 0.3) is 0 Å². The molecule has 3 aliphatic carbocycles. The molecule has 0 amide bonds. The summed E-state index contributed by atoms with van der Waals surface area (Å²) in [6, 6.07) is 8.00. The van der Waals surface area contributed by atoms with Crippen LogP contribution < -0.4 is 5.32 Å². The molecule has 0 aromatic heterocycles. The number of hydrogen-bond acceptors (Lipinski definition) is 2. The van der Waals surface area contributed by atoms with Crippen LogP contribution >= 0.6 is 0 Å². The molecular weight excluding hydrogens is 292 g/mol. The van der Waals surface area contributed by atoms with Crippen LogP contribution in [0.5, 0.6) is 0 Å². The maximum atomic E-state index is 4.99. The number of hydrogen-bond donors (Lipinski definition) is 1. The van der Waals surface area contributed by atoms with E-state index in [-0.39, 0.29) is 0 Å². The molecule has 0 radical (unpaired) electrons. The number of benzene rings is 1. The van der Waals surface area contributed by atoms with Crippen LogP contribution in [0.25, 0.3) is 0 Å². The molecule has 2 heteroatoms. The fourth-order valence-electron chi connectivity index (χ4n) is 5.40. The topological polar surface area (TPSA) is 24.4 Å². The first-order chi connectivity index (χ1) is 11.9. The predicted molar refractivity (Wildman–Crippen MR) is 99.5 cm³/mol. The number of fused-ring (bicyclic) bond motifs is 4. The molecule has 2 nitrogen and oxygen atoms in total. The molecule has 4 aliphatic rings. The van der Waals surface area contributed by atoms with Gasteiger partial charge < -0.3 is 5.32 Å². The molecule has 2 fully saturated rings. The van der Waals surface area contributed by atoms with Gasteiger partial charge in [0, 0.05) is 24.7 Å². The van der Waals surface area contributed by atoms with Gasteiger partial charge in [0.05, 0.1) is 6.04 Å². The molecule has 2 saturated carbocycles. The van der Waals surface area contributed by atoms with Crippen LogP contribution in [-0.4, -0.2) is 12.3 Å². The van der Waals surface area contributed by atoms with Crippen LogP contribution in [0, 0.1) is 5.92 Å². The largest absolute Gasteiger partial charge is 0.310 e. The second kappa shape index (κ2) is 6.15. The molecular formula is C22H28N2. The molecule has 1 aromatic rings. The summed E-state index contributed by atoms with van der Waals surface area (Å²) < 4.78 is 0. The van der Waals surface area contributed by atoms with Gasteiger partial charge in [0.15, 0.2) is 0 Å². The van der Waals surface area contributed by atoms with Crippen molar-refractivity contribution in [3.8, 4) is 0 Å². The zero-order valence-electron chi connectivity index (χ0n) is 14.6. The van der Waals surface area contributed by atoms with Crippen LogP contribution in [0.15, 0.2) is 34.3 Å². The zero-order valence-corrected chi connectivity index (χ0v) is 14.6. The summed E-state index contributed by atoms with van der Waals surface area (Å²) in [5, 5.41) is 3.81. The Morgan fingerprint density at radius 2 is 1.88 bits per heavy atom. The Morgan fingerprint density at radius 3 is 2.79 bits per heavy atom. The lowest BCUT2D eigenvalue weighted by Gasteiger charge is -2.29. The van der Waals surface area contributed by atoms with Gasteiger partial charge in [-0.05, 0) is 60.8 Å². The van der Waals surface area contributed by atoms with Gasteiger partial charge in [0.1, 0.15) is 0 Å². The summed E-state index contributed by atoms with van der Waals surface area (Å²) in [4.78, 5) is 4.99. The van der Waals surface area contributed by atoms with Gasteiger partial charge in [-0.3, -0.25) is 4.99 Å². The van der Waals surface area contributed by atoms with Gasteiger partial charge in [-0.25, -0.2) is 0 Å². The average Bonchev–Trinajstić information content (AvgIpc) is 3.27. The fourth-order valence-corrected chi connectivity index (χ4v) is 5.40. The monoisotopic (exact) mass is 320 g/mol. The smallest absolute Gasteiger partial charge is 0.0964 e. The molecule has 1 heterocycles. The minimum Gasteiger partial charge on any atom is -0.310 e. The van der Waals surface area contributed by atoms with E-state index in [0.717, 1.165) is 19.0 Å². The molecule has 1 N–H and O–H groups in total. The van der Waals surface area contributed by atoms with Crippen LogP contribution in [0.4, 0.5) is 0 Å². The number of allylic oxidation sites excluding steroid dienone is 1. The number of nitrogens with one attached hydrogen (secondary N) is 1. The van der Waals surface area contributed by atoms with E-state index in [9.17, 15) is 0 Å². The van der Waals surface area contributed by atoms with Gasteiger partial charge in [-0.2, -0.15) is 0 Å². The summed E-state index contributed by atoms with van der Waals surface area (Å²) in [5.41, 5.74) is 7.99. The number of aliphatic imine (C=N–C) groups is 1. The highest BCUT2D eigenvalue weighted by atomic mass is 14.9. The third-order valence-corrected chi connectivity index (χ3v) is 6.72. The SMILES string of the molecule is C1=NC2C(=C3CCCCC13)Cc1c(CNC3CCCC3)cccc12.